The summed E-state index contributed by atoms with van der Waals surface area (Å²) in [6.07, 6.45) is 7.90. The Kier molecular flexibility index (Phi) is 3.66. The lowest BCUT2D eigenvalue weighted by Gasteiger charge is -2.54. The minimum atomic E-state index is -1.73. The summed E-state index contributed by atoms with van der Waals surface area (Å²) >= 11 is 0. The van der Waals surface area contributed by atoms with Crippen LogP contribution in [0.4, 0.5) is 0 Å². The van der Waals surface area contributed by atoms with Gasteiger partial charge in [-0.05, 0) is 43.9 Å². The SMILES string of the molecule is CC1CCC23OC(=N)C(C#N)(C2C1)C(C#N)(C#N)C(C1CC=CCC1)O3. The highest BCUT2D eigenvalue weighted by atomic mass is 16.7. The number of rotatable bonds is 1. The summed E-state index contributed by atoms with van der Waals surface area (Å²) in [7, 11) is 0. The van der Waals surface area contributed by atoms with Crippen molar-refractivity contribution in [3.8, 4) is 18.2 Å². The van der Waals surface area contributed by atoms with Crippen molar-refractivity contribution in [2.45, 2.75) is 57.3 Å². The molecule has 1 N–H and O–H groups in total. The third-order valence-electron chi connectivity index (χ3n) is 6.95. The van der Waals surface area contributed by atoms with E-state index in [2.05, 4.69) is 37.3 Å². The molecule has 4 aliphatic rings. The Bertz CT molecular complexity index is 786. The smallest absolute Gasteiger partial charge is 0.217 e. The van der Waals surface area contributed by atoms with E-state index in [1.165, 1.54) is 0 Å². The third-order valence-corrected chi connectivity index (χ3v) is 6.95. The molecule has 1 saturated carbocycles. The van der Waals surface area contributed by atoms with E-state index in [-0.39, 0.29) is 11.8 Å². The first-order chi connectivity index (χ1) is 12.5. The molecular weight excluding hydrogens is 328 g/mol. The second kappa shape index (κ2) is 5.57. The van der Waals surface area contributed by atoms with Gasteiger partial charge in [0.2, 0.25) is 11.7 Å². The van der Waals surface area contributed by atoms with Crippen LogP contribution >= 0.6 is 0 Å². The summed E-state index contributed by atoms with van der Waals surface area (Å²) in [6.45, 7) is 2.10. The standard InChI is InChI=1S/C20H22N4O2/c1-13-7-8-20-15(9-13)19(12-23,17(24)26-20)18(10-21,11-22)16(25-20)14-5-3-2-4-6-14/h2-3,13-16,24H,4-9H2,1H3. The van der Waals surface area contributed by atoms with Gasteiger partial charge < -0.3 is 9.47 Å². The highest BCUT2D eigenvalue weighted by Crippen LogP contribution is 2.68. The van der Waals surface area contributed by atoms with Crippen molar-refractivity contribution >= 4 is 5.90 Å². The maximum Gasteiger partial charge on any atom is 0.217 e. The Labute approximate surface area is 153 Å². The van der Waals surface area contributed by atoms with Gasteiger partial charge in [0.05, 0.1) is 30.2 Å². The highest BCUT2D eigenvalue weighted by Gasteiger charge is 2.81. The molecule has 6 heteroatoms. The average Bonchev–Trinajstić information content (AvgIpc) is 2.86. The van der Waals surface area contributed by atoms with Gasteiger partial charge >= 0.3 is 0 Å². The molecule has 6 nitrogen and oxygen atoms in total. The molecule has 0 aromatic rings. The molecule has 0 aromatic heterocycles. The molecular formula is C20H22N4O2. The largest absolute Gasteiger partial charge is 0.447 e. The van der Waals surface area contributed by atoms with Crippen LogP contribution in [0.25, 0.3) is 0 Å². The van der Waals surface area contributed by atoms with Crippen LogP contribution < -0.4 is 0 Å². The van der Waals surface area contributed by atoms with Crippen LogP contribution in [-0.2, 0) is 9.47 Å². The van der Waals surface area contributed by atoms with Crippen LogP contribution in [0.15, 0.2) is 12.2 Å². The predicted octanol–water partition coefficient (Wildman–Crippen LogP) is 3.43. The van der Waals surface area contributed by atoms with E-state index in [0.29, 0.717) is 25.2 Å². The van der Waals surface area contributed by atoms with Crippen LogP contribution in [0.1, 0.15) is 45.4 Å². The van der Waals surface area contributed by atoms with Crippen LogP contribution in [0.2, 0.25) is 0 Å². The van der Waals surface area contributed by atoms with E-state index >= 15 is 0 Å². The number of hydrogen-bond donors (Lipinski definition) is 1. The monoisotopic (exact) mass is 350 g/mol. The maximum atomic E-state index is 10.2. The summed E-state index contributed by atoms with van der Waals surface area (Å²) in [5.41, 5.74) is -3.29. The number of allylic oxidation sites excluding steroid dienone is 2. The fraction of sp³-hybridized carbons (Fsp3) is 0.700. The van der Waals surface area contributed by atoms with Crippen molar-refractivity contribution in [2.75, 3.05) is 0 Å². The quantitative estimate of drug-likeness (QED) is 0.728. The predicted molar refractivity (Wildman–Crippen MR) is 91.1 cm³/mol. The van der Waals surface area contributed by atoms with Gasteiger partial charge in [-0.25, -0.2) is 0 Å². The molecule has 0 amide bonds. The number of nitrogens with zero attached hydrogens (tertiary/aromatic N) is 3. The Balaban J connectivity index is 1.92. The van der Waals surface area contributed by atoms with Gasteiger partial charge in [-0.1, -0.05) is 19.1 Å². The van der Waals surface area contributed by atoms with E-state index in [1.807, 2.05) is 0 Å². The molecule has 2 bridgehead atoms. The first-order valence-electron chi connectivity index (χ1n) is 9.34. The van der Waals surface area contributed by atoms with Gasteiger partial charge in [-0.2, -0.15) is 15.8 Å². The number of nitriles is 3. The molecule has 2 aliphatic carbocycles. The summed E-state index contributed by atoms with van der Waals surface area (Å²) < 4.78 is 12.4. The Morgan fingerprint density at radius 2 is 1.92 bits per heavy atom. The van der Waals surface area contributed by atoms with Gasteiger partial charge in [-0.3, -0.25) is 5.41 Å². The molecule has 0 radical (unpaired) electrons. The average molecular weight is 350 g/mol. The van der Waals surface area contributed by atoms with Crippen molar-refractivity contribution in [3.05, 3.63) is 12.2 Å². The van der Waals surface area contributed by atoms with E-state index in [0.717, 1.165) is 19.3 Å². The van der Waals surface area contributed by atoms with Crippen molar-refractivity contribution in [3.63, 3.8) is 0 Å². The zero-order valence-corrected chi connectivity index (χ0v) is 14.9. The van der Waals surface area contributed by atoms with Crippen LogP contribution in [-0.4, -0.2) is 17.8 Å². The molecule has 4 rings (SSSR count). The van der Waals surface area contributed by atoms with Crippen molar-refractivity contribution in [1.29, 1.82) is 21.2 Å². The van der Waals surface area contributed by atoms with Crippen LogP contribution in [0, 0.1) is 68.0 Å². The first-order valence-corrected chi connectivity index (χ1v) is 9.34. The summed E-state index contributed by atoms with van der Waals surface area (Å²) in [4.78, 5) is 0. The van der Waals surface area contributed by atoms with E-state index in [1.54, 1.807) is 0 Å². The van der Waals surface area contributed by atoms with Gasteiger partial charge in [0.1, 0.15) is 0 Å². The zero-order valence-electron chi connectivity index (χ0n) is 14.9. The molecule has 2 heterocycles. The second-order valence-electron chi connectivity index (χ2n) is 8.21. The first kappa shape index (κ1) is 17.1. The highest BCUT2D eigenvalue weighted by molar-refractivity contribution is 5.89. The maximum absolute atomic E-state index is 10.2. The lowest BCUT2D eigenvalue weighted by molar-refractivity contribution is -0.305. The normalized spacial score (nSPS) is 45.5. The minimum absolute atomic E-state index is 0.0290. The molecule has 2 saturated heterocycles. The summed E-state index contributed by atoms with van der Waals surface area (Å²) in [6, 6.07) is 6.55. The Hall–Kier alpha value is -2.36. The molecule has 26 heavy (non-hydrogen) atoms. The number of ether oxygens (including phenoxy) is 2. The lowest BCUT2D eigenvalue weighted by Crippen LogP contribution is -2.65. The van der Waals surface area contributed by atoms with Crippen molar-refractivity contribution in [1.82, 2.24) is 0 Å². The van der Waals surface area contributed by atoms with E-state index in [9.17, 15) is 15.8 Å². The van der Waals surface area contributed by atoms with Crippen LogP contribution in [0.5, 0.6) is 0 Å². The molecule has 3 fully saturated rings. The molecule has 2 aliphatic heterocycles. The molecule has 6 atom stereocenters. The second-order valence-corrected chi connectivity index (χ2v) is 8.21. The fourth-order valence-electron chi connectivity index (χ4n) is 5.60. The van der Waals surface area contributed by atoms with E-state index in [4.69, 9.17) is 14.9 Å². The zero-order chi connectivity index (χ0) is 18.6. The molecule has 0 aromatic carbocycles. The number of hydrogen-bond acceptors (Lipinski definition) is 6. The van der Waals surface area contributed by atoms with Gasteiger partial charge in [0.15, 0.2) is 10.8 Å². The van der Waals surface area contributed by atoms with Crippen molar-refractivity contribution < 1.29 is 9.47 Å². The minimum Gasteiger partial charge on any atom is -0.447 e. The Morgan fingerprint density at radius 1 is 1.15 bits per heavy atom. The molecule has 0 spiro atoms. The van der Waals surface area contributed by atoms with Crippen LogP contribution in [0.3, 0.4) is 0 Å². The summed E-state index contributed by atoms with van der Waals surface area (Å²) in [5.74, 6) is -1.44. The Morgan fingerprint density at radius 3 is 2.54 bits per heavy atom. The summed E-state index contributed by atoms with van der Waals surface area (Å²) in [5, 5.41) is 39.1. The topological polar surface area (TPSA) is 114 Å². The number of nitrogens with one attached hydrogen (secondary N) is 1. The fourth-order valence-corrected chi connectivity index (χ4v) is 5.60. The molecule has 134 valence electrons. The molecule has 6 unspecified atom stereocenters. The van der Waals surface area contributed by atoms with Gasteiger partial charge in [-0.15, -0.1) is 0 Å². The van der Waals surface area contributed by atoms with E-state index < -0.39 is 28.6 Å². The van der Waals surface area contributed by atoms with Gasteiger partial charge in [0, 0.05) is 6.42 Å². The lowest BCUT2D eigenvalue weighted by atomic mass is 9.49. The van der Waals surface area contributed by atoms with Crippen molar-refractivity contribution in [2.24, 2.45) is 28.6 Å². The van der Waals surface area contributed by atoms with Gasteiger partial charge in [0.25, 0.3) is 0 Å². The third kappa shape index (κ3) is 1.80.